The van der Waals surface area contributed by atoms with Gasteiger partial charge in [-0.2, -0.15) is 0 Å². The van der Waals surface area contributed by atoms with E-state index in [9.17, 15) is 14.9 Å². The molecule has 0 aromatic heterocycles. The second-order valence-electron chi connectivity index (χ2n) is 4.41. The average molecular weight is 277 g/mol. The molecular formula is C15H19NO4. The molecule has 0 spiro atoms. The first-order valence-electron chi connectivity index (χ1n) is 6.72. The van der Waals surface area contributed by atoms with E-state index in [-0.39, 0.29) is 5.69 Å². The number of benzene rings is 1. The van der Waals surface area contributed by atoms with Gasteiger partial charge in [-0.1, -0.05) is 38.3 Å². The van der Waals surface area contributed by atoms with Gasteiger partial charge in [0.05, 0.1) is 11.5 Å². The number of ether oxygens (including phenoxy) is 1. The molecule has 1 rings (SSSR count). The zero-order valence-electron chi connectivity index (χ0n) is 11.6. The maximum atomic E-state index is 11.4. The summed E-state index contributed by atoms with van der Waals surface area (Å²) in [4.78, 5) is 21.6. The van der Waals surface area contributed by atoms with E-state index in [0.717, 1.165) is 25.7 Å². The summed E-state index contributed by atoms with van der Waals surface area (Å²) in [6.45, 7) is 2.53. The Kier molecular flexibility index (Phi) is 7.03. The third-order valence-corrected chi connectivity index (χ3v) is 2.74. The molecule has 0 aliphatic rings. The van der Waals surface area contributed by atoms with Crippen LogP contribution in [0.5, 0.6) is 0 Å². The number of nitro groups is 1. The minimum Gasteiger partial charge on any atom is -0.463 e. The van der Waals surface area contributed by atoms with Gasteiger partial charge in [-0.15, -0.1) is 0 Å². The van der Waals surface area contributed by atoms with E-state index in [2.05, 4.69) is 6.92 Å². The monoisotopic (exact) mass is 277 g/mol. The van der Waals surface area contributed by atoms with Gasteiger partial charge in [0.25, 0.3) is 5.69 Å². The fourth-order valence-electron chi connectivity index (χ4n) is 1.66. The van der Waals surface area contributed by atoms with Crippen LogP contribution in [0.2, 0.25) is 0 Å². The number of non-ortho nitro benzene ring substituents is 1. The van der Waals surface area contributed by atoms with Gasteiger partial charge in [0.15, 0.2) is 0 Å². The quantitative estimate of drug-likeness (QED) is 0.239. The SMILES string of the molecule is CCCCCCOC(=O)C=Cc1cccc([N+](=O)[O-])c1. The second kappa shape index (κ2) is 8.85. The smallest absolute Gasteiger partial charge is 0.330 e. The summed E-state index contributed by atoms with van der Waals surface area (Å²) < 4.78 is 5.03. The molecule has 0 saturated carbocycles. The van der Waals surface area contributed by atoms with Crippen LogP contribution in [0.15, 0.2) is 30.3 Å². The lowest BCUT2D eigenvalue weighted by atomic mass is 10.2. The lowest BCUT2D eigenvalue weighted by Crippen LogP contribution is -2.02. The Hall–Kier alpha value is -2.17. The summed E-state index contributed by atoms with van der Waals surface area (Å²) in [5.74, 6) is -0.423. The van der Waals surface area contributed by atoms with Crippen molar-refractivity contribution >= 4 is 17.7 Å². The average Bonchev–Trinajstić information content (AvgIpc) is 2.45. The number of rotatable bonds is 8. The predicted octanol–water partition coefficient (Wildman–Crippen LogP) is 3.73. The fraction of sp³-hybridized carbons (Fsp3) is 0.400. The summed E-state index contributed by atoms with van der Waals surface area (Å²) in [6.07, 6.45) is 7.00. The molecule has 0 amide bonds. The number of nitro benzene ring substituents is 1. The van der Waals surface area contributed by atoms with Crippen molar-refractivity contribution in [3.63, 3.8) is 0 Å². The lowest BCUT2D eigenvalue weighted by molar-refractivity contribution is -0.384. The summed E-state index contributed by atoms with van der Waals surface area (Å²) in [5.41, 5.74) is 0.599. The normalized spacial score (nSPS) is 10.7. The molecule has 0 N–H and O–H groups in total. The number of unbranched alkanes of at least 4 members (excludes halogenated alkanes) is 3. The summed E-state index contributed by atoms with van der Waals surface area (Å²) in [5, 5.41) is 10.6. The number of hydrogen-bond donors (Lipinski definition) is 0. The molecule has 20 heavy (non-hydrogen) atoms. The molecule has 0 unspecified atom stereocenters. The molecule has 0 heterocycles. The van der Waals surface area contributed by atoms with Crippen molar-refractivity contribution in [1.82, 2.24) is 0 Å². The lowest BCUT2D eigenvalue weighted by Gasteiger charge is -2.01. The van der Waals surface area contributed by atoms with Crippen LogP contribution < -0.4 is 0 Å². The first-order chi connectivity index (χ1) is 9.63. The minimum absolute atomic E-state index is 0.0000768. The van der Waals surface area contributed by atoms with Crippen LogP contribution in [-0.4, -0.2) is 17.5 Å². The van der Waals surface area contributed by atoms with E-state index in [0.29, 0.717) is 12.2 Å². The van der Waals surface area contributed by atoms with Crippen molar-refractivity contribution < 1.29 is 14.5 Å². The highest BCUT2D eigenvalue weighted by atomic mass is 16.6. The van der Waals surface area contributed by atoms with Gasteiger partial charge in [0, 0.05) is 18.2 Å². The second-order valence-corrected chi connectivity index (χ2v) is 4.41. The number of nitrogens with zero attached hydrogens (tertiary/aromatic N) is 1. The Morgan fingerprint density at radius 1 is 1.35 bits per heavy atom. The molecule has 0 bridgehead atoms. The summed E-state index contributed by atoms with van der Waals surface area (Å²) >= 11 is 0. The highest BCUT2D eigenvalue weighted by Gasteiger charge is 2.04. The molecule has 108 valence electrons. The molecule has 0 radical (unpaired) electrons. The van der Waals surface area contributed by atoms with E-state index in [1.54, 1.807) is 12.1 Å². The van der Waals surface area contributed by atoms with Gasteiger partial charge < -0.3 is 4.74 Å². The van der Waals surface area contributed by atoms with Gasteiger partial charge in [0.1, 0.15) is 0 Å². The maximum absolute atomic E-state index is 11.4. The maximum Gasteiger partial charge on any atom is 0.330 e. The molecule has 0 atom stereocenters. The van der Waals surface area contributed by atoms with Crippen molar-refractivity contribution in [2.45, 2.75) is 32.6 Å². The molecule has 5 nitrogen and oxygen atoms in total. The molecule has 1 aromatic rings. The van der Waals surface area contributed by atoms with Crippen LogP contribution in [0.25, 0.3) is 6.08 Å². The van der Waals surface area contributed by atoms with Crippen LogP contribution in [0.1, 0.15) is 38.2 Å². The molecule has 0 fully saturated rings. The first-order valence-corrected chi connectivity index (χ1v) is 6.72. The van der Waals surface area contributed by atoms with Crippen LogP contribution in [0, 0.1) is 10.1 Å². The zero-order valence-corrected chi connectivity index (χ0v) is 11.6. The van der Waals surface area contributed by atoms with Gasteiger partial charge in [-0.25, -0.2) is 4.79 Å². The standard InChI is InChI=1S/C15H19NO4/c1-2-3-4-5-11-20-15(17)10-9-13-7-6-8-14(12-13)16(18)19/h6-10,12H,2-5,11H2,1H3. The largest absolute Gasteiger partial charge is 0.463 e. The zero-order chi connectivity index (χ0) is 14.8. The van der Waals surface area contributed by atoms with Gasteiger partial charge in [-0.3, -0.25) is 10.1 Å². The summed E-state index contributed by atoms with van der Waals surface area (Å²) in [7, 11) is 0. The Labute approximate surface area is 118 Å². The Bertz CT molecular complexity index is 483. The van der Waals surface area contributed by atoms with Crippen molar-refractivity contribution in [3.8, 4) is 0 Å². The number of carbonyl (C=O) groups excluding carboxylic acids is 1. The minimum atomic E-state index is -0.469. The van der Waals surface area contributed by atoms with Crippen molar-refractivity contribution in [2.24, 2.45) is 0 Å². The molecular weight excluding hydrogens is 258 g/mol. The topological polar surface area (TPSA) is 69.4 Å². The van der Waals surface area contributed by atoms with Crippen LogP contribution >= 0.6 is 0 Å². The number of esters is 1. The van der Waals surface area contributed by atoms with Crippen molar-refractivity contribution in [3.05, 3.63) is 46.0 Å². The van der Waals surface area contributed by atoms with E-state index < -0.39 is 10.9 Å². The number of carbonyl (C=O) groups is 1. The van der Waals surface area contributed by atoms with E-state index in [4.69, 9.17) is 4.74 Å². The molecule has 0 aliphatic carbocycles. The van der Waals surface area contributed by atoms with Crippen molar-refractivity contribution in [1.29, 1.82) is 0 Å². The Morgan fingerprint density at radius 3 is 2.85 bits per heavy atom. The highest BCUT2D eigenvalue weighted by molar-refractivity contribution is 5.87. The third kappa shape index (κ3) is 6.13. The molecule has 1 aromatic carbocycles. The molecule has 5 heteroatoms. The third-order valence-electron chi connectivity index (χ3n) is 2.74. The van der Waals surface area contributed by atoms with Crippen LogP contribution in [-0.2, 0) is 9.53 Å². The highest BCUT2D eigenvalue weighted by Crippen LogP contribution is 2.14. The first kappa shape index (κ1) is 15.9. The van der Waals surface area contributed by atoms with Crippen LogP contribution in [0.4, 0.5) is 5.69 Å². The van der Waals surface area contributed by atoms with Gasteiger partial charge in [0.2, 0.25) is 0 Å². The van der Waals surface area contributed by atoms with E-state index in [1.165, 1.54) is 24.3 Å². The Morgan fingerprint density at radius 2 is 2.15 bits per heavy atom. The van der Waals surface area contributed by atoms with Gasteiger partial charge >= 0.3 is 5.97 Å². The predicted molar refractivity (Wildman–Crippen MR) is 77.2 cm³/mol. The van der Waals surface area contributed by atoms with Gasteiger partial charge in [-0.05, 0) is 18.1 Å². The van der Waals surface area contributed by atoms with E-state index >= 15 is 0 Å². The number of hydrogen-bond acceptors (Lipinski definition) is 4. The van der Waals surface area contributed by atoms with Crippen LogP contribution in [0.3, 0.4) is 0 Å². The molecule has 0 aliphatic heterocycles. The Balaban J connectivity index is 2.41. The molecule has 0 saturated heterocycles. The summed E-state index contributed by atoms with van der Waals surface area (Å²) in [6, 6.07) is 6.08. The van der Waals surface area contributed by atoms with Crippen molar-refractivity contribution in [2.75, 3.05) is 6.61 Å². The van der Waals surface area contributed by atoms with E-state index in [1.807, 2.05) is 0 Å². The fourth-order valence-corrected chi connectivity index (χ4v) is 1.66.